The Labute approximate surface area is 160 Å². The van der Waals surface area contributed by atoms with Gasteiger partial charge in [0.15, 0.2) is 0 Å². The second-order valence-corrected chi connectivity index (χ2v) is 9.89. The Morgan fingerprint density at radius 3 is 2.15 bits per heavy atom. The van der Waals surface area contributed by atoms with Crippen molar-refractivity contribution in [1.29, 1.82) is 0 Å². The summed E-state index contributed by atoms with van der Waals surface area (Å²) in [6.07, 6.45) is 2.05. The van der Waals surface area contributed by atoms with Crippen LogP contribution in [-0.2, 0) is 19.9 Å². The van der Waals surface area contributed by atoms with E-state index in [0.717, 1.165) is 17.3 Å². The maximum Gasteiger partial charge on any atom is 0.349 e. The third-order valence-electron chi connectivity index (χ3n) is 6.36. The molecule has 3 saturated heterocycles. The van der Waals surface area contributed by atoms with Crippen molar-refractivity contribution in [1.82, 2.24) is 0 Å². The molecule has 0 spiro atoms. The lowest BCUT2D eigenvalue weighted by Gasteiger charge is -2.45. The SMILES string of the molecule is C[N+]1(C)[C@H]2CC(OC(=O)C(O)(c3cccs3)c3cccs3)C[C@H]1[C@H]1O[C@H]12. The number of quaternary nitrogens is 1. The van der Waals surface area contributed by atoms with Gasteiger partial charge in [-0.25, -0.2) is 4.79 Å². The largest absolute Gasteiger partial charge is 0.459 e. The van der Waals surface area contributed by atoms with Gasteiger partial charge < -0.3 is 19.1 Å². The van der Waals surface area contributed by atoms with Gasteiger partial charge >= 0.3 is 5.97 Å². The first kappa shape index (κ1) is 16.9. The summed E-state index contributed by atoms with van der Waals surface area (Å²) < 4.78 is 12.6. The molecule has 0 saturated carbocycles. The molecule has 0 radical (unpaired) electrons. The molecule has 0 aromatic carbocycles. The van der Waals surface area contributed by atoms with Crippen LogP contribution in [0.3, 0.4) is 0 Å². The van der Waals surface area contributed by atoms with Crippen molar-refractivity contribution >= 4 is 28.6 Å². The lowest BCUT2D eigenvalue weighted by molar-refractivity contribution is -0.938. The number of esters is 1. The van der Waals surface area contributed by atoms with Crippen LogP contribution in [0, 0.1) is 0 Å². The van der Waals surface area contributed by atoms with Gasteiger partial charge in [0.25, 0.3) is 0 Å². The number of nitrogens with zero attached hydrogens (tertiary/aromatic N) is 1. The fraction of sp³-hybridized carbons (Fsp3) is 0.526. The number of ether oxygens (including phenoxy) is 2. The minimum Gasteiger partial charge on any atom is -0.459 e. The third-order valence-corrected chi connectivity index (χ3v) is 8.32. The number of carbonyl (C=O) groups excluding carboxylic acids is 1. The minimum absolute atomic E-state index is 0.161. The fourth-order valence-electron chi connectivity index (χ4n) is 4.83. The van der Waals surface area contributed by atoms with E-state index in [1.807, 2.05) is 22.9 Å². The molecule has 5 atom stereocenters. The van der Waals surface area contributed by atoms with E-state index in [9.17, 15) is 9.90 Å². The summed E-state index contributed by atoms with van der Waals surface area (Å²) >= 11 is 2.74. The average Bonchev–Trinajstić information content (AvgIpc) is 2.98. The summed E-state index contributed by atoms with van der Waals surface area (Å²) in [7, 11) is 4.49. The average molecular weight is 393 g/mol. The molecule has 138 valence electrons. The lowest BCUT2D eigenvalue weighted by Crippen LogP contribution is -2.60. The number of rotatable bonds is 4. The van der Waals surface area contributed by atoms with Gasteiger partial charge in [0.2, 0.25) is 5.60 Å². The van der Waals surface area contributed by atoms with Crippen LogP contribution >= 0.6 is 22.7 Å². The molecule has 0 aliphatic carbocycles. The van der Waals surface area contributed by atoms with Crippen molar-refractivity contribution in [2.45, 2.75) is 48.8 Å². The van der Waals surface area contributed by atoms with Crippen LogP contribution < -0.4 is 0 Å². The molecular formula is C19H22NO4S2+. The monoisotopic (exact) mass is 392 g/mol. The van der Waals surface area contributed by atoms with Gasteiger partial charge in [-0.2, -0.15) is 0 Å². The van der Waals surface area contributed by atoms with E-state index in [4.69, 9.17) is 9.47 Å². The van der Waals surface area contributed by atoms with Crippen LogP contribution in [0.1, 0.15) is 22.6 Å². The van der Waals surface area contributed by atoms with Gasteiger partial charge in [-0.15, -0.1) is 22.7 Å². The molecule has 2 bridgehead atoms. The van der Waals surface area contributed by atoms with Crippen LogP contribution in [0.5, 0.6) is 0 Å². The van der Waals surface area contributed by atoms with E-state index >= 15 is 0 Å². The number of epoxide rings is 1. The first-order chi connectivity index (χ1) is 12.4. The molecule has 0 amide bonds. The predicted octanol–water partition coefficient (Wildman–Crippen LogP) is 2.35. The van der Waals surface area contributed by atoms with Crippen molar-refractivity contribution in [3.8, 4) is 0 Å². The second-order valence-electron chi connectivity index (χ2n) is 7.99. The van der Waals surface area contributed by atoms with Crippen molar-refractivity contribution in [3.63, 3.8) is 0 Å². The Balaban J connectivity index is 1.40. The number of aliphatic hydroxyl groups is 1. The molecule has 2 aromatic heterocycles. The quantitative estimate of drug-likeness (QED) is 0.493. The summed E-state index contributed by atoms with van der Waals surface area (Å²) in [5, 5.41) is 15.1. The van der Waals surface area contributed by atoms with E-state index in [1.54, 1.807) is 12.1 Å². The van der Waals surface area contributed by atoms with Crippen LogP contribution in [0.25, 0.3) is 0 Å². The number of fused-ring (bicyclic) bond motifs is 5. The smallest absolute Gasteiger partial charge is 0.349 e. The molecule has 3 fully saturated rings. The van der Waals surface area contributed by atoms with Crippen molar-refractivity contribution in [3.05, 3.63) is 44.8 Å². The molecule has 1 N–H and O–H groups in total. The molecule has 2 aromatic rings. The second kappa shape index (κ2) is 5.62. The predicted molar refractivity (Wildman–Crippen MR) is 99.1 cm³/mol. The Hall–Kier alpha value is -1.25. The van der Waals surface area contributed by atoms with Gasteiger partial charge in [0, 0.05) is 12.8 Å². The molecular weight excluding hydrogens is 370 g/mol. The fourth-order valence-corrected chi connectivity index (χ4v) is 6.54. The van der Waals surface area contributed by atoms with Crippen molar-refractivity contribution in [2.75, 3.05) is 14.1 Å². The number of likely N-dealkylation sites (N-methyl/N-ethyl adjacent to an activating group) is 1. The number of morpholine rings is 1. The summed E-state index contributed by atoms with van der Waals surface area (Å²) in [5.74, 6) is -0.561. The van der Waals surface area contributed by atoms with Crippen LogP contribution in [0.2, 0.25) is 0 Å². The summed E-state index contributed by atoms with van der Waals surface area (Å²) in [6, 6.07) is 8.01. The highest BCUT2D eigenvalue weighted by atomic mass is 32.1. The molecule has 5 rings (SSSR count). The zero-order valence-electron chi connectivity index (χ0n) is 14.7. The van der Waals surface area contributed by atoms with E-state index in [0.29, 0.717) is 34.0 Å². The van der Waals surface area contributed by atoms with E-state index in [-0.39, 0.29) is 6.10 Å². The molecule has 1 unspecified atom stereocenters. The summed E-state index contributed by atoms with van der Waals surface area (Å²) in [5.41, 5.74) is -1.72. The summed E-state index contributed by atoms with van der Waals surface area (Å²) in [6.45, 7) is 0. The summed E-state index contributed by atoms with van der Waals surface area (Å²) in [4.78, 5) is 14.3. The standard InChI is InChI=1S/C19H22NO4S2/c1-20(2)12-9-11(10-13(20)17-16(12)24-17)23-18(21)19(22,14-5-3-7-25-14)15-6-4-8-26-15/h3-8,11-13,16-17,22H,9-10H2,1-2H3/q+1/t11?,12-,13-,16-,17+/m0/s1. The maximum absolute atomic E-state index is 13.1. The topological polar surface area (TPSA) is 59.1 Å². The van der Waals surface area contributed by atoms with Crippen LogP contribution in [0.15, 0.2) is 35.0 Å². The normalized spacial score (nSPS) is 34.3. The number of carbonyl (C=O) groups is 1. The Morgan fingerprint density at radius 2 is 1.69 bits per heavy atom. The highest BCUT2D eigenvalue weighted by molar-refractivity contribution is 7.12. The third kappa shape index (κ3) is 2.28. The van der Waals surface area contributed by atoms with Gasteiger partial charge in [0.1, 0.15) is 30.4 Å². The number of hydrogen-bond donors (Lipinski definition) is 1. The number of piperidine rings is 1. The molecule has 3 aliphatic rings. The number of hydrogen-bond acceptors (Lipinski definition) is 6. The molecule has 26 heavy (non-hydrogen) atoms. The van der Waals surface area contributed by atoms with Crippen LogP contribution in [0.4, 0.5) is 0 Å². The Morgan fingerprint density at radius 1 is 1.15 bits per heavy atom. The Bertz CT molecular complexity index is 762. The van der Waals surface area contributed by atoms with Gasteiger partial charge in [-0.1, -0.05) is 12.1 Å². The van der Waals surface area contributed by atoms with Crippen LogP contribution in [-0.4, -0.2) is 60.0 Å². The van der Waals surface area contributed by atoms with Gasteiger partial charge in [-0.05, 0) is 22.9 Å². The highest BCUT2D eigenvalue weighted by Crippen LogP contribution is 2.52. The minimum atomic E-state index is -1.72. The first-order valence-electron chi connectivity index (χ1n) is 8.92. The molecule has 5 heterocycles. The zero-order chi connectivity index (χ0) is 18.1. The first-order valence-corrected chi connectivity index (χ1v) is 10.7. The van der Waals surface area contributed by atoms with Gasteiger partial charge in [0.05, 0.1) is 23.8 Å². The lowest BCUT2D eigenvalue weighted by atomic mass is 9.95. The maximum atomic E-state index is 13.1. The highest BCUT2D eigenvalue weighted by Gasteiger charge is 2.71. The Kier molecular flexibility index (Phi) is 3.65. The van der Waals surface area contributed by atoms with E-state index in [2.05, 4.69) is 14.1 Å². The molecule has 3 aliphatic heterocycles. The van der Waals surface area contributed by atoms with Crippen molar-refractivity contribution < 1.29 is 23.9 Å². The van der Waals surface area contributed by atoms with E-state index in [1.165, 1.54) is 22.7 Å². The molecule has 7 heteroatoms. The van der Waals surface area contributed by atoms with Gasteiger partial charge in [-0.3, -0.25) is 0 Å². The molecule has 5 nitrogen and oxygen atoms in total. The van der Waals surface area contributed by atoms with E-state index < -0.39 is 11.6 Å². The van der Waals surface area contributed by atoms with Crippen molar-refractivity contribution in [2.24, 2.45) is 0 Å². The zero-order valence-corrected chi connectivity index (χ0v) is 16.3. The number of thiophene rings is 2.